The van der Waals surface area contributed by atoms with Gasteiger partial charge in [-0.05, 0) is 50.8 Å². The molecule has 1 amide bonds. The number of aromatic nitrogens is 1. The highest BCUT2D eigenvalue weighted by molar-refractivity contribution is 6.05. The van der Waals surface area contributed by atoms with Crippen molar-refractivity contribution < 1.29 is 9.32 Å². The Bertz CT molecular complexity index is 675. The van der Waals surface area contributed by atoms with Gasteiger partial charge >= 0.3 is 0 Å². The van der Waals surface area contributed by atoms with Crippen molar-refractivity contribution in [3.8, 4) is 0 Å². The zero-order valence-electron chi connectivity index (χ0n) is 13.3. The van der Waals surface area contributed by atoms with Gasteiger partial charge in [-0.25, -0.2) is 0 Å². The summed E-state index contributed by atoms with van der Waals surface area (Å²) in [6.45, 7) is 4.63. The molecule has 0 radical (unpaired) electrons. The zero-order chi connectivity index (χ0) is 15.5. The molecule has 0 fully saturated rings. The maximum atomic E-state index is 12.9. The lowest BCUT2D eigenvalue weighted by Gasteiger charge is -2.20. The highest BCUT2D eigenvalue weighted by Gasteiger charge is 2.26. The van der Waals surface area contributed by atoms with Gasteiger partial charge in [0.2, 0.25) is 0 Å². The van der Waals surface area contributed by atoms with E-state index in [1.807, 2.05) is 38.1 Å². The number of hydrogen-bond acceptors (Lipinski definition) is 3. The molecule has 1 aromatic carbocycles. The van der Waals surface area contributed by atoms with Crippen LogP contribution in [0.5, 0.6) is 0 Å². The van der Waals surface area contributed by atoms with Crippen LogP contribution in [0.1, 0.15) is 53.6 Å². The molecule has 0 bridgehead atoms. The third-order valence-corrected chi connectivity index (χ3v) is 4.28. The molecule has 4 heteroatoms. The van der Waals surface area contributed by atoms with E-state index < -0.39 is 0 Å². The Labute approximate surface area is 131 Å². The lowest BCUT2D eigenvalue weighted by Crippen LogP contribution is -2.31. The minimum Gasteiger partial charge on any atom is -0.360 e. The predicted octanol–water partition coefficient (Wildman–Crippen LogP) is 3.92. The summed E-state index contributed by atoms with van der Waals surface area (Å²) in [6, 6.07) is 8.00. The number of carbonyl (C=O) groups is 1. The molecule has 0 aliphatic heterocycles. The first-order valence-electron chi connectivity index (χ1n) is 8.06. The first-order chi connectivity index (χ1) is 10.7. The van der Waals surface area contributed by atoms with Gasteiger partial charge in [0.25, 0.3) is 5.91 Å². The first-order valence-corrected chi connectivity index (χ1v) is 8.06. The van der Waals surface area contributed by atoms with E-state index in [1.165, 1.54) is 6.42 Å². The second-order valence-electron chi connectivity index (χ2n) is 5.88. The van der Waals surface area contributed by atoms with Gasteiger partial charge in [-0.3, -0.25) is 4.79 Å². The Morgan fingerprint density at radius 1 is 1.27 bits per heavy atom. The molecule has 0 spiro atoms. The molecular weight excluding hydrogens is 276 g/mol. The Morgan fingerprint density at radius 2 is 2.09 bits per heavy atom. The topological polar surface area (TPSA) is 46.3 Å². The molecule has 22 heavy (non-hydrogen) atoms. The van der Waals surface area contributed by atoms with Crippen molar-refractivity contribution >= 4 is 11.6 Å². The number of nitrogens with zero attached hydrogens (tertiary/aromatic N) is 2. The van der Waals surface area contributed by atoms with E-state index in [0.717, 1.165) is 48.3 Å². The normalized spacial score (nSPS) is 14.3. The molecule has 0 saturated heterocycles. The predicted molar refractivity (Wildman–Crippen MR) is 86.3 cm³/mol. The van der Waals surface area contributed by atoms with E-state index in [9.17, 15) is 4.79 Å². The van der Waals surface area contributed by atoms with Crippen molar-refractivity contribution in [2.75, 3.05) is 11.4 Å². The number of aryl methyl sites for hydroxylation is 2. The number of anilines is 1. The molecule has 116 valence electrons. The summed E-state index contributed by atoms with van der Waals surface area (Å²) in [5.74, 6) is 0.848. The van der Waals surface area contributed by atoms with Crippen LogP contribution in [0.2, 0.25) is 0 Å². The standard InChI is InChI=1S/C18H22N2O2/c1-3-20(14-9-7-8-13(2)12-14)18(21)17-15-10-5-4-6-11-16(15)22-19-17/h7-9,12H,3-6,10-11H2,1-2H3. The second kappa shape index (κ2) is 6.34. The van der Waals surface area contributed by atoms with Crippen LogP contribution in [0.3, 0.4) is 0 Å². The minimum absolute atomic E-state index is 0.0556. The van der Waals surface area contributed by atoms with Gasteiger partial charge in [-0.1, -0.05) is 23.7 Å². The zero-order valence-corrected chi connectivity index (χ0v) is 13.3. The highest BCUT2D eigenvalue weighted by Crippen LogP contribution is 2.26. The van der Waals surface area contributed by atoms with E-state index in [1.54, 1.807) is 4.90 Å². The van der Waals surface area contributed by atoms with Crippen LogP contribution in [-0.4, -0.2) is 17.6 Å². The molecule has 1 aliphatic carbocycles. The minimum atomic E-state index is -0.0556. The molecule has 1 aromatic heterocycles. The molecule has 4 nitrogen and oxygen atoms in total. The van der Waals surface area contributed by atoms with Crippen LogP contribution in [0.4, 0.5) is 5.69 Å². The Kier molecular flexibility index (Phi) is 4.27. The van der Waals surface area contributed by atoms with Crippen molar-refractivity contribution in [3.05, 3.63) is 46.8 Å². The molecule has 1 aliphatic rings. The monoisotopic (exact) mass is 298 g/mol. The molecule has 0 saturated carbocycles. The van der Waals surface area contributed by atoms with Gasteiger partial charge in [0, 0.05) is 24.2 Å². The van der Waals surface area contributed by atoms with E-state index in [2.05, 4.69) is 5.16 Å². The average Bonchev–Trinajstić information content (AvgIpc) is 2.77. The summed E-state index contributed by atoms with van der Waals surface area (Å²) in [5, 5.41) is 4.09. The van der Waals surface area contributed by atoms with E-state index >= 15 is 0 Å². The Hall–Kier alpha value is -2.10. The molecule has 2 aromatic rings. The van der Waals surface area contributed by atoms with Crippen molar-refractivity contribution in [2.24, 2.45) is 0 Å². The number of rotatable bonds is 3. The number of benzene rings is 1. The van der Waals surface area contributed by atoms with E-state index in [-0.39, 0.29) is 5.91 Å². The largest absolute Gasteiger partial charge is 0.360 e. The summed E-state index contributed by atoms with van der Waals surface area (Å²) >= 11 is 0. The second-order valence-corrected chi connectivity index (χ2v) is 5.88. The smallest absolute Gasteiger partial charge is 0.280 e. The Morgan fingerprint density at radius 3 is 2.86 bits per heavy atom. The molecule has 0 atom stereocenters. The van der Waals surface area contributed by atoms with Crippen LogP contribution < -0.4 is 4.90 Å². The summed E-state index contributed by atoms with van der Waals surface area (Å²) in [5.41, 5.74) is 3.58. The van der Waals surface area contributed by atoms with Crippen LogP contribution in [-0.2, 0) is 12.8 Å². The molecule has 3 rings (SSSR count). The fraction of sp³-hybridized carbons (Fsp3) is 0.444. The molecular formula is C18H22N2O2. The number of amides is 1. The van der Waals surface area contributed by atoms with Crippen molar-refractivity contribution in [1.29, 1.82) is 0 Å². The molecule has 1 heterocycles. The molecule has 0 N–H and O–H groups in total. The lowest BCUT2D eigenvalue weighted by molar-refractivity contribution is 0.0978. The van der Waals surface area contributed by atoms with Gasteiger partial charge in [0.1, 0.15) is 5.76 Å². The fourth-order valence-electron chi connectivity index (χ4n) is 3.10. The van der Waals surface area contributed by atoms with Gasteiger partial charge in [0.15, 0.2) is 5.69 Å². The van der Waals surface area contributed by atoms with Gasteiger partial charge < -0.3 is 9.42 Å². The SMILES string of the molecule is CCN(C(=O)c1noc2c1CCCCC2)c1cccc(C)c1. The van der Waals surface area contributed by atoms with Crippen molar-refractivity contribution in [1.82, 2.24) is 5.16 Å². The van der Waals surface area contributed by atoms with Gasteiger partial charge in [-0.2, -0.15) is 0 Å². The van der Waals surface area contributed by atoms with Crippen molar-refractivity contribution in [2.45, 2.75) is 46.0 Å². The number of fused-ring (bicyclic) bond motifs is 1. The van der Waals surface area contributed by atoms with Crippen molar-refractivity contribution in [3.63, 3.8) is 0 Å². The van der Waals surface area contributed by atoms with E-state index in [0.29, 0.717) is 12.2 Å². The maximum Gasteiger partial charge on any atom is 0.280 e. The Balaban J connectivity index is 1.94. The summed E-state index contributed by atoms with van der Waals surface area (Å²) in [7, 11) is 0. The van der Waals surface area contributed by atoms with Crippen LogP contribution in [0.25, 0.3) is 0 Å². The summed E-state index contributed by atoms with van der Waals surface area (Å²) < 4.78 is 5.44. The van der Waals surface area contributed by atoms with Crippen LogP contribution in [0.15, 0.2) is 28.8 Å². The third kappa shape index (κ3) is 2.78. The summed E-state index contributed by atoms with van der Waals surface area (Å²) in [4.78, 5) is 14.7. The number of hydrogen-bond donors (Lipinski definition) is 0. The number of carbonyl (C=O) groups excluding carboxylic acids is 1. The van der Waals surface area contributed by atoms with Crippen LogP contribution in [0, 0.1) is 6.92 Å². The van der Waals surface area contributed by atoms with Gasteiger partial charge in [-0.15, -0.1) is 0 Å². The average molecular weight is 298 g/mol. The van der Waals surface area contributed by atoms with E-state index in [4.69, 9.17) is 4.52 Å². The fourth-order valence-corrected chi connectivity index (χ4v) is 3.10. The van der Waals surface area contributed by atoms with Gasteiger partial charge in [0.05, 0.1) is 0 Å². The quantitative estimate of drug-likeness (QED) is 0.807. The lowest BCUT2D eigenvalue weighted by atomic mass is 10.1. The maximum absolute atomic E-state index is 12.9. The third-order valence-electron chi connectivity index (χ3n) is 4.28. The molecule has 0 unspecified atom stereocenters. The summed E-state index contributed by atoms with van der Waals surface area (Å²) in [6.07, 6.45) is 5.20. The highest BCUT2D eigenvalue weighted by atomic mass is 16.5. The van der Waals surface area contributed by atoms with Crippen LogP contribution >= 0.6 is 0 Å². The first kappa shape index (κ1) is 14.8.